The minimum atomic E-state index is -1.08. The van der Waals surface area contributed by atoms with Gasteiger partial charge in [0.15, 0.2) is 0 Å². The lowest BCUT2D eigenvalue weighted by molar-refractivity contribution is -0.181. The van der Waals surface area contributed by atoms with Crippen LogP contribution < -0.4 is 10.6 Å². The SMILES string of the molecule is CCOC(C#Cc1cnc(Cl)nc1NC(CNC(O)OC(C)(C)C)CC(C)C)OCC. The van der Waals surface area contributed by atoms with Crippen LogP contribution in [0.2, 0.25) is 5.28 Å². The number of hydrogen-bond donors (Lipinski definition) is 3. The van der Waals surface area contributed by atoms with Crippen LogP contribution in [0.25, 0.3) is 0 Å². The summed E-state index contributed by atoms with van der Waals surface area (Å²) in [6, 6.07) is -0.0562. The lowest BCUT2D eigenvalue weighted by Crippen LogP contribution is -2.43. The van der Waals surface area contributed by atoms with Crippen molar-refractivity contribution in [3.63, 3.8) is 0 Å². The van der Waals surface area contributed by atoms with Gasteiger partial charge in [-0.1, -0.05) is 19.8 Å². The number of anilines is 1. The Labute approximate surface area is 191 Å². The molecule has 0 saturated carbocycles. The molecule has 0 fully saturated rings. The van der Waals surface area contributed by atoms with Crippen LogP contribution in [-0.2, 0) is 14.2 Å². The smallest absolute Gasteiger partial charge is 0.224 e. The Bertz CT molecular complexity index is 710. The monoisotopic (exact) mass is 456 g/mol. The van der Waals surface area contributed by atoms with Gasteiger partial charge in [0.1, 0.15) is 5.82 Å². The third-order valence-electron chi connectivity index (χ3n) is 3.82. The van der Waals surface area contributed by atoms with Crippen molar-refractivity contribution >= 4 is 17.4 Å². The molecular formula is C22H37ClN4O4. The highest BCUT2D eigenvalue weighted by atomic mass is 35.5. The lowest BCUT2D eigenvalue weighted by atomic mass is 10.0. The van der Waals surface area contributed by atoms with Gasteiger partial charge in [0, 0.05) is 32.0 Å². The van der Waals surface area contributed by atoms with E-state index in [0.717, 1.165) is 6.42 Å². The Morgan fingerprint density at radius 1 is 1.19 bits per heavy atom. The fourth-order valence-corrected chi connectivity index (χ4v) is 2.84. The molecule has 176 valence electrons. The molecular weight excluding hydrogens is 420 g/mol. The molecule has 0 bridgehead atoms. The average molecular weight is 457 g/mol. The van der Waals surface area contributed by atoms with E-state index in [0.29, 0.717) is 37.1 Å². The first kappa shape index (κ1) is 27.6. The molecule has 1 heterocycles. The second-order valence-corrected chi connectivity index (χ2v) is 8.71. The van der Waals surface area contributed by atoms with E-state index in [9.17, 15) is 5.11 Å². The molecule has 0 aliphatic rings. The number of aliphatic hydroxyl groups is 1. The second-order valence-electron chi connectivity index (χ2n) is 8.37. The molecule has 2 unspecified atom stereocenters. The second kappa shape index (κ2) is 13.8. The van der Waals surface area contributed by atoms with Crippen molar-refractivity contribution in [2.75, 3.05) is 25.1 Å². The van der Waals surface area contributed by atoms with Crippen LogP contribution in [0.4, 0.5) is 5.82 Å². The van der Waals surface area contributed by atoms with Crippen LogP contribution in [0.3, 0.4) is 0 Å². The maximum Gasteiger partial charge on any atom is 0.224 e. The molecule has 8 nitrogen and oxygen atoms in total. The maximum atomic E-state index is 10.1. The molecule has 0 amide bonds. The van der Waals surface area contributed by atoms with E-state index in [1.54, 1.807) is 6.20 Å². The van der Waals surface area contributed by atoms with Gasteiger partial charge < -0.3 is 24.6 Å². The van der Waals surface area contributed by atoms with Gasteiger partial charge in [-0.05, 0) is 64.5 Å². The number of hydrogen-bond acceptors (Lipinski definition) is 8. The molecule has 2 atom stereocenters. The molecule has 31 heavy (non-hydrogen) atoms. The highest BCUT2D eigenvalue weighted by Crippen LogP contribution is 2.17. The van der Waals surface area contributed by atoms with E-state index in [2.05, 4.69) is 46.3 Å². The minimum absolute atomic E-state index is 0.0562. The topological polar surface area (TPSA) is 97.8 Å². The van der Waals surface area contributed by atoms with Crippen molar-refractivity contribution in [3.8, 4) is 11.8 Å². The van der Waals surface area contributed by atoms with Gasteiger partial charge in [-0.2, -0.15) is 4.98 Å². The van der Waals surface area contributed by atoms with Gasteiger partial charge in [0.05, 0.1) is 11.2 Å². The summed E-state index contributed by atoms with van der Waals surface area (Å²) in [6.45, 7) is 15.1. The van der Waals surface area contributed by atoms with Crippen molar-refractivity contribution in [1.29, 1.82) is 0 Å². The third-order valence-corrected chi connectivity index (χ3v) is 4.00. The zero-order valence-corrected chi connectivity index (χ0v) is 20.4. The number of aliphatic hydroxyl groups excluding tert-OH is 1. The van der Waals surface area contributed by atoms with Crippen molar-refractivity contribution in [1.82, 2.24) is 15.3 Å². The van der Waals surface area contributed by atoms with Gasteiger partial charge in [-0.15, -0.1) is 0 Å². The molecule has 9 heteroatoms. The fourth-order valence-electron chi connectivity index (χ4n) is 2.71. The first-order valence-electron chi connectivity index (χ1n) is 10.7. The number of nitrogens with zero attached hydrogens (tertiary/aromatic N) is 2. The van der Waals surface area contributed by atoms with E-state index < -0.39 is 18.3 Å². The summed E-state index contributed by atoms with van der Waals surface area (Å²) in [5.74, 6) is 6.90. The van der Waals surface area contributed by atoms with Gasteiger partial charge >= 0.3 is 0 Å². The summed E-state index contributed by atoms with van der Waals surface area (Å²) in [6.07, 6.45) is 0.681. The largest absolute Gasteiger partial charge is 0.365 e. The first-order chi connectivity index (χ1) is 14.5. The summed E-state index contributed by atoms with van der Waals surface area (Å²) in [5, 5.41) is 16.6. The average Bonchev–Trinajstić information content (AvgIpc) is 2.64. The molecule has 0 aliphatic carbocycles. The first-order valence-corrected chi connectivity index (χ1v) is 11.0. The van der Waals surface area contributed by atoms with E-state index in [-0.39, 0.29) is 11.3 Å². The van der Waals surface area contributed by atoms with Gasteiger partial charge in [0.2, 0.25) is 18.0 Å². The Morgan fingerprint density at radius 3 is 2.39 bits per heavy atom. The van der Waals surface area contributed by atoms with Gasteiger partial charge in [-0.3, -0.25) is 5.32 Å². The number of ether oxygens (including phenoxy) is 3. The number of nitrogens with one attached hydrogen (secondary N) is 2. The van der Waals surface area contributed by atoms with Crippen molar-refractivity contribution in [2.24, 2.45) is 5.92 Å². The predicted molar refractivity (Wildman–Crippen MR) is 123 cm³/mol. The van der Waals surface area contributed by atoms with Crippen LogP contribution in [0.15, 0.2) is 6.20 Å². The molecule has 0 aliphatic heterocycles. The number of halogens is 1. The van der Waals surface area contributed by atoms with Crippen molar-refractivity contribution in [2.45, 2.75) is 79.2 Å². The van der Waals surface area contributed by atoms with E-state index in [4.69, 9.17) is 25.8 Å². The maximum absolute atomic E-state index is 10.1. The standard InChI is InChI=1S/C22H37ClN4O4/c1-8-29-18(30-9-2)11-10-16-13-24-20(23)27-19(16)26-17(12-15(3)4)14-25-21(28)31-22(5,6)7/h13,15,17-18,21,25,28H,8-9,12,14H2,1-7H3,(H,24,26,27). The lowest BCUT2D eigenvalue weighted by Gasteiger charge is -2.27. The van der Waals surface area contributed by atoms with E-state index in [1.807, 2.05) is 34.6 Å². The molecule has 0 spiro atoms. The van der Waals surface area contributed by atoms with Crippen LogP contribution in [0.5, 0.6) is 0 Å². The summed E-state index contributed by atoms with van der Waals surface area (Å²) >= 11 is 6.03. The summed E-state index contributed by atoms with van der Waals surface area (Å²) in [5.41, 5.74) is 0.114. The Balaban J connectivity index is 2.99. The highest BCUT2D eigenvalue weighted by Gasteiger charge is 2.19. The minimum Gasteiger partial charge on any atom is -0.365 e. The summed E-state index contributed by atoms with van der Waals surface area (Å²) in [7, 11) is 0. The molecule has 0 aromatic carbocycles. The fraction of sp³-hybridized carbons (Fsp3) is 0.727. The van der Waals surface area contributed by atoms with Gasteiger partial charge in [-0.25, -0.2) is 4.98 Å². The Hall–Kier alpha value is -1.47. The van der Waals surface area contributed by atoms with Gasteiger partial charge in [0.25, 0.3) is 0 Å². The van der Waals surface area contributed by atoms with E-state index in [1.165, 1.54) is 0 Å². The third kappa shape index (κ3) is 12.2. The normalized spacial score (nSPS) is 13.8. The number of rotatable bonds is 12. The summed E-state index contributed by atoms with van der Waals surface area (Å²) < 4.78 is 16.5. The molecule has 1 aromatic rings. The van der Waals surface area contributed by atoms with Crippen LogP contribution >= 0.6 is 11.6 Å². The van der Waals surface area contributed by atoms with E-state index >= 15 is 0 Å². The van der Waals surface area contributed by atoms with Crippen LogP contribution in [-0.4, -0.2) is 59.2 Å². The molecule has 1 aromatic heterocycles. The van der Waals surface area contributed by atoms with Crippen molar-refractivity contribution < 1.29 is 19.3 Å². The molecule has 1 rings (SSSR count). The zero-order valence-electron chi connectivity index (χ0n) is 19.7. The summed E-state index contributed by atoms with van der Waals surface area (Å²) in [4.78, 5) is 8.36. The quantitative estimate of drug-likeness (QED) is 0.250. The van der Waals surface area contributed by atoms with Crippen molar-refractivity contribution in [3.05, 3.63) is 17.0 Å². The number of aromatic nitrogens is 2. The molecule has 0 saturated heterocycles. The predicted octanol–water partition coefficient (Wildman–Crippen LogP) is 3.39. The molecule has 0 radical (unpaired) electrons. The Morgan fingerprint density at radius 2 is 1.84 bits per heavy atom. The van der Waals surface area contributed by atoms with Crippen LogP contribution in [0.1, 0.15) is 60.5 Å². The highest BCUT2D eigenvalue weighted by molar-refractivity contribution is 6.28. The zero-order chi connectivity index (χ0) is 23.4. The van der Waals surface area contributed by atoms with Crippen LogP contribution in [0, 0.1) is 17.8 Å². The Kier molecular flexibility index (Phi) is 12.3. The molecule has 3 N–H and O–H groups in total.